The molecule has 2 rings (SSSR count). The Labute approximate surface area is 132 Å². The number of hydroxylamine groups is 1. The van der Waals surface area contributed by atoms with Gasteiger partial charge in [-0.2, -0.15) is 5.10 Å². The van der Waals surface area contributed by atoms with E-state index in [-0.39, 0.29) is 0 Å². The molecule has 1 heterocycles. The summed E-state index contributed by atoms with van der Waals surface area (Å²) in [5, 5.41) is 9.56. The fraction of sp³-hybridized carbons (Fsp3) is 0.214. The molecule has 0 saturated heterocycles. The summed E-state index contributed by atoms with van der Waals surface area (Å²) in [4.78, 5) is 9.19. The average Bonchev–Trinajstić information content (AvgIpc) is 2.49. The smallest absolute Gasteiger partial charge is 0.209 e. The number of hydrogen-bond donors (Lipinski definition) is 1. The summed E-state index contributed by atoms with van der Waals surface area (Å²) in [6.45, 7) is 1.86. The van der Waals surface area contributed by atoms with E-state index in [1.807, 2.05) is 31.2 Å². The number of aromatic nitrogens is 3. The molecule has 0 fully saturated rings. The van der Waals surface area contributed by atoms with Gasteiger partial charge in [0.25, 0.3) is 0 Å². The van der Waals surface area contributed by atoms with Crippen LogP contribution in [-0.2, 0) is 10.6 Å². The van der Waals surface area contributed by atoms with E-state index in [9.17, 15) is 0 Å². The predicted octanol–water partition coefficient (Wildman–Crippen LogP) is 3.25. The Kier molecular flexibility index (Phi) is 5.98. The Balaban J connectivity index is 2.03. The summed E-state index contributed by atoms with van der Waals surface area (Å²) in [5.74, 6) is 0.765. The lowest BCUT2D eigenvalue weighted by Gasteiger charge is -2.03. The molecule has 110 valence electrons. The molecule has 0 aliphatic heterocycles. The summed E-state index contributed by atoms with van der Waals surface area (Å²) >= 11 is 7.39. The first-order valence-electron chi connectivity index (χ1n) is 6.22. The third kappa shape index (κ3) is 5.00. The van der Waals surface area contributed by atoms with E-state index in [2.05, 4.69) is 20.7 Å². The first-order valence-corrected chi connectivity index (χ1v) is 7.59. The van der Waals surface area contributed by atoms with E-state index in [0.717, 1.165) is 27.7 Å². The number of hydrogen-bond acceptors (Lipinski definition) is 6. The quantitative estimate of drug-likeness (QED) is 0.650. The molecule has 0 aliphatic rings. The van der Waals surface area contributed by atoms with Crippen molar-refractivity contribution in [3.8, 4) is 0 Å². The van der Waals surface area contributed by atoms with Gasteiger partial charge in [0.2, 0.25) is 5.16 Å². The predicted molar refractivity (Wildman–Crippen MR) is 84.8 cm³/mol. The van der Waals surface area contributed by atoms with Crippen molar-refractivity contribution in [1.29, 1.82) is 0 Å². The van der Waals surface area contributed by atoms with Crippen molar-refractivity contribution >= 4 is 29.4 Å². The molecule has 0 saturated carbocycles. The zero-order chi connectivity index (χ0) is 15.1. The van der Waals surface area contributed by atoms with Gasteiger partial charge in [-0.1, -0.05) is 35.5 Å². The molecule has 1 aromatic heterocycles. The fourth-order valence-corrected chi connectivity index (χ4v) is 2.38. The van der Waals surface area contributed by atoms with E-state index >= 15 is 0 Å². The highest BCUT2D eigenvalue weighted by molar-refractivity contribution is 7.98. The van der Waals surface area contributed by atoms with Crippen molar-refractivity contribution in [3.05, 3.63) is 52.4 Å². The highest BCUT2D eigenvalue weighted by Crippen LogP contribution is 2.20. The number of aryl methyl sites for hydroxylation is 1. The van der Waals surface area contributed by atoms with Crippen molar-refractivity contribution in [2.24, 2.45) is 0 Å². The fourth-order valence-electron chi connectivity index (χ4n) is 1.50. The van der Waals surface area contributed by atoms with Gasteiger partial charge < -0.3 is 0 Å². The Morgan fingerprint density at radius 3 is 2.76 bits per heavy atom. The van der Waals surface area contributed by atoms with Crippen LogP contribution in [-0.4, -0.2) is 22.3 Å². The monoisotopic (exact) mass is 322 g/mol. The summed E-state index contributed by atoms with van der Waals surface area (Å²) < 4.78 is 0. The minimum absolute atomic E-state index is 0.632. The van der Waals surface area contributed by atoms with Gasteiger partial charge in [0, 0.05) is 17.0 Å². The summed E-state index contributed by atoms with van der Waals surface area (Å²) in [6.07, 6.45) is 3.45. The van der Waals surface area contributed by atoms with E-state index in [0.29, 0.717) is 5.16 Å². The maximum Gasteiger partial charge on any atom is 0.209 e. The van der Waals surface area contributed by atoms with E-state index in [1.54, 1.807) is 19.4 Å². The summed E-state index contributed by atoms with van der Waals surface area (Å²) in [7, 11) is 1.54. The Bertz CT molecular complexity index is 619. The van der Waals surface area contributed by atoms with Crippen LogP contribution in [0.3, 0.4) is 0 Å². The summed E-state index contributed by atoms with van der Waals surface area (Å²) in [5.41, 5.74) is 5.30. The molecular weight excluding hydrogens is 308 g/mol. The Hall–Kier alpha value is -1.63. The lowest BCUT2D eigenvalue weighted by atomic mass is 10.2. The molecule has 0 aliphatic carbocycles. The van der Waals surface area contributed by atoms with E-state index in [1.165, 1.54) is 11.8 Å². The first-order chi connectivity index (χ1) is 10.2. The number of halogens is 1. The average molecular weight is 323 g/mol. The normalized spacial score (nSPS) is 11.0. The molecule has 7 heteroatoms. The maximum atomic E-state index is 5.86. The molecule has 1 N–H and O–H groups in total. The van der Waals surface area contributed by atoms with Crippen molar-refractivity contribution in [2.45, 2.75) is 17.8 Å². The van der Waals surface area contributed by atoms with Gasteiger partial charge in [-0.05, 0) is 30.7 Å². The van der Waals surface area contributed by atoms with Crippen LogP contribution in [0.4, 0.5) is 0 Å². The SMILES string of the molecule is CON/C=C/c1nc(SCc2ccc(Cl)cc2)nnc1C. The molecule has 2 aromatic rings. The van der Waals surface area contributed by atoms with Crippen LogP contribution in [0.1, 0.15) is 17.0 Å². The molecule has 21 heavy (non-hydrogen) atoms. The maximum absolute atomic E-state index is 5.86. The molecule has 0 spiro atoms. The van der Waals surface area contributed by atoms with Crippen molar-refractivity contribution in [1.82, 2.24) is 20.7 Å². The molecule has 0 bridgehead atoms. The molecule has 0 amide bonds. The zero-order valence-corrected chi connectivity index (χ0v) is 13.3. The number of rotatable bonds is 6. The highest BCUT2D eigenvalue weighted by atomic mass is 35.5. The van der Waals surface area contributed by atoms with Gasteiger partial charge in [-0.3, -0.25) is 10.3 Å². The number of nitrogens with one attached hydrogen (secondary N) is 1. The number of thioether (sulfide) groups is 1. The molecule has 0 atom stereocenters. The summed E-state index contributed by atoms with van der Waals surface area (Å²) in [6, 6.07) is 7.72. The Morgan fingerprint density at radius 1 is 1.29 bits per heavy atom. The topological polar surface area (TPSA) is 59.9 Å². The zero-order valence-electron chi connectivity index (χ0n) is 11.7. The van der Waals surface area contributed by atoms with Gasteiger partial charge in [0.15, 0.2) is 0 Å². The van der Waals surface area contributed by atoms with Crippen LogP contribution < -0.4 is 5.48 Å². The van der Waals surface area contributed by atoms with Crippen molar-refractivity contribution in [3.63, 3.8) is 0 Å². The molecular formula is C14H15ClN4OS. The van der Waals surface area contributed by atoms with Crippen LogP contribution in [0.5, 0.6) is 0 Å². The number of nitrogens with zero attached hydrogens (tertiary/aromatic N) is 3. The largest absolute Gasteiger partial charge is 0.280 e. The third-order valence-corrected chi connectivity index (χ3v) is 3.74. The molecule has 0 unspecified atom stereocenters. The molecule has 5 nitrogen and oxygen atoms in total. The highest BCUT2D eigenvalue weighted by Gasteiger charge is 2.04. The lowest BCUT2D eigenvalue weighted by Crippen LogP contribution is -2.02. The second-order valence-electron chi connectivity index (χ2n) is 4.14. The first kappa shape index (κ1) is 15.8. The third-order valence-electron chi connectivity index (χ3n) is 2.58. The van der Waals surface area contributed by atoms with Crippen LogP contribution in [0.25, 0.3) is 6.08 Å². The van der Waals surface area contributed by atoms with E-state index in [4.69, 9.17) is 16.4 Å². The van der Waals surface area contributed by atoms with Gasteiger partial charge in [-0.25, -0.2) is 4.98 Å². The standard InChI is InChI=1S/C14H15ClN4OS/c1-10-13(7-8-16-20-2)17-14(19-18-10)21-9-11-3-5-12(15)6-4-11/h3-8,16H,9H2,1-2H3/b8-7+. The molecule has 1 aromatic carbocycles. The second-order valence-corrected chi connectivity index (χ2v) is 5.51. The van der Waals surface area contributed by atoms with Gasteiger partial charge in [-0.15, -0.1) is 5.10 Å². The molecule has 0 radical (unpaired) electrons. The van der Waals surface area contributed by atoms with Gasteiger partial charge in [0.05, 0.1) is 18.5 Å². The Morgan fingerprint density at radius 2 is 2.05 bits per heavy atom. The van der Waals surface area contributed by atoms with E-state index < -0.39 is 0 Å². The minimum atomic E-state index is 0.632. The van der Waals surface area contributed by atoms with Crippen LogP contribution in [0.2, 0.25) is 5.02 Å². The minimum Gasteiger partial charge on any atom is -0.280 e. The van der Waals surface area contributed by atoms with Crippen LogP contribution in [0, 0.1) is 6.92 Å². The number of benzene rings is 1. The van der Waals surface area contributed by atoms with Crippen LogP contribution >= 0.6 is 23.4 Å². The van der Waals surface area contributed by atoms with Gasteiger partial charge in [0.1, 0.15) is 0 Å². The van der Waals surface area contributed by atoms with Gasteiger partial charge >= 0.3 is 0 Å². The van der Waals surface area contributed by atoms with Crippen molar-refractivity contribution < 1.29 is 4.84 Å². The van der Waals surface area contributed by atoms with Crippen LogP contribution in [0.15, 0.2) is 35.6 Å². The lowest BCUT2D eigenvalue weighted by molar-refractivity contribution is 0.129. The van der Waals surface area contributed by atoms with Crippen molar-refractivity contribution in [2.75, 3.05) is 7.11 Å². The second kappa shape index (κ2) is 7.97.